The smallest absolute Gasteiger partial charge is 0.254 e. The topological polar surface area (TPSA) is 99.2 Å². The van der Waals surface area contributed by atoms with E-state index >= 15 is 0 Å². The normalized spacial score (nSPS) is 10.9. The molecular weight excluding hydrogens is 424 g/mol. The Morgan fingerprint density at radius 2 is 1.65 bits per heavy atom. The standard InChI is InChI=1S/C28H30N4O2/c1-28(2,19-30)20-32(27(34)24-13-11-22(17-29)12-14-24)18-23-9-6-10-25(15-23)31-26(33)16-21-7-4-3-5-8-21/h3-15H,16,18-20,30H2,1-2H3,(H,31,33). The lowest BCUT2D eigenvalue weighted by molar-refractivity contribution is -0.115. The quantitative estimate of drug-likeness (QED) is 0.502. The summed E-state index contributed by atoms with van der Waals surface area (Å²) in [5.74, 6) is -0.234. The number of nitriles is 1. The van der Waals surface area contributed by atoms with E-state index in [9.17, 15) is 9.59 Å². The van der Waals surface area contributed by atoms with Crippen LogP contribution in [0.15, 0.2) is 78.9 Å². The molecule has 6 heteroatoms. The van der Waals surface area contributed by atoms with Crippen LogP contribution in [0.25, 0.3) is 0 Å². The Kier molecular flexibility index (Phi) is 8.18. The van der Waals surface area contributed by atoms with Gasteiger partial charge >= 0.3 is 0 Å². The molecular formula is C28H30N4O2. The predicted molar refractivity (Wildman–Crippen MR) is 134 cm³/mol. The molecule has 3 aromatic rings. The molecule has 3 N–H and O–H groups in total. The Labute approximate surface area is 201 Å². The van der Waals surface area contributed by atoms with E-state index in [2.05, 4.69) is 11.4 Å². The van der Waals surface area contributed by atoms with E-state index in [-0.39, 0.29) is 17.2 Å². The minimum Gasteiger partial charge on any atom is -0.334 e. The van der Waals surface area contributed by atoms with Crippen molar-refractivity contribution < 1.29 is 9.59 Å². The lowest BCUT2D eigenvalue weighted by atomic mass is 9.92. The predicted octanol–water partition coefficient (Wildman–Crippen LogP) is 4.37. The minimum absolute atomic E-state index is 0.0990. The second kappa shape index (κ2) is 11.3. The van der Waals surface area contributed by atoms with E-state index in [1.54, 1.807) is 29.2 Å². The highest BCUT2D eigenvalue weighted by molar-refractivity contribution is 5.94. The van der Waals surface area contributed by atoms with Gasteiger partial charge in [-0.2, -0.15) is 5.26 Å². The summed E-state index contributed by atoms with van der Waals surface area (Å²) < 4.78 is 0. The first kappa shape index (κ1) is 24.7. The summed E-state index contributed by atoms with van der Waals surface area (Å²) in [5, 5.41) is 12.0. The van der Waals surface area contributed by atoms with Crippen molar-refractivity contribution in [2.24, 2.45) is 11.1 Å². The SMILES string of the molecule is CC(C)(CN)CN(Cc1cccc(NC(=O)Cc2ccccc2)c1)C(=O)c1ccc(C#N)cc1. The Bertz CT molecular complexity index is 1170. The number of hydrogen-bond acceptors (Lipinski definition) is 4. The number of anilines is 1. The number of carbonyl (C=O) groups excluding carboxylic acids is 2. The third-order valence-corrected chi connectivity index (χ3v) is 5.51. The van der Waals surface area contributed by atoms with Gasteiger partial charge in [0.15, 0.2) is 0 Å². The number of nitrogens with two attached hydrogens (primary N) is 1. The van der Waals surface area contributed by atoms with Gasteiger partial charge in [0.2, 0.25) is 5.91 Å². The molecule has 0 saturated carbocycles. The molecule has 0 aliphatic rings. The zero-order chi connectivity index (χ0) is 24.6. The second-order valence-electron chi connectivity index (χ2n) is 9.13. The van der Waals surface area contributed by atoms with E-state index < -0.39 is 0 Å². The summed E-state index contributed by atoms with van der Waals surface area (Å²) in [4.78, 5) is 27.6. The summed E-state index contributed by atoms with van der Waals surface area (Å²) in [6.45, 7) is 5.30. The average molecular weight is 455 g/mol. The third-order valence-electron chi connectivity index (χ3n) is 5.51. The van der Waals surface area contributed by atoms with Crippen LogP contribution in [0.3, 0.4) is 0 Å². The summed E-state index contributed by atoms with van der Waals surface area (Å²) in [5.41, 5.74) is 9.21. The molecule has 0 aliphatic carbocycles. The molecule has 0 bridgehead atoms. The van der Waals surface area contributed by atoms with Crippen LogP contribution < -0.4 is 11.1 Å². The first-order valence-electron chi connectivity index (χ1n) is 11.2. The van der Waals surface area contributed by atoms with E-state index in [1.807, 2.05) is 68.4 Å². The zero-order valence-electron chi connectivity index (χ0n) is 19.6. The van der Waals surface area contributed by atoms with E-state index in [0.717, 1.165) is 11.1 Å². The van der Waals surface area contributed by atoms with Crippen molar-refractivity contribution in [1.82, 2.24) is 4.90 Å². The van der Waals surface area contributed by atoms with Gasteiger partial charge < -0.3 is 16.0 Å². The van der Waals surface area contributed by atoms with Gasteiger partial charge in [-0.1, -0.05) is 56.3 Å². The molecule has 3 rings (SSSR count). The Balaban J connectivity index is 1.76. The average Bonchev–Trinajstić information content (AvgIpc) is 2.84. The molecule has 0 spiro atoms. The molecule has 0 unspecified atom stereocenters. The summed E-state index contributed by atoms with van der Waals surface area (Å²) >= 11 is 0. The Morgan fingerprint density at radius 3 is 2.29 bits per heavy atom. The van der Waals surface area contributed by atoms with Crippen LogP contribution in [0.5, 0.6) is 0 Å². The molecule has 0 aromatic heterocycles. The maximum Gasteiger partial charge on any atom is 0.254 e. The molecule has 0 saturated heterocycles. The van der Waals surface area contributed by atoms with Crippen LogP contribution in [0.4, 0.5) is 5.69 Å². The third kappa shape index (κ3) is 7.03. The number of nitrogens with one attached hydrogen (secondary N) is 1. The molecule has 0 atom stereocenters. The molecule has 0 heterocycles. The van der Waals surface area contributed by atoms with Crippen LogP contribution in [0.2, 0.25) is 0 Å². The lowest BCUT2D eigenvalue weighted by Gasteiger charge is -2.32. The molecule has 6 nitrogen and oxygen atoms in total. The second-order valence-corrected chi connectivity index (χ2v) is 9.13. The van der Waals surface area contributed by atoms with Gasteiger partial charge in [0.25, 0.3) is 5.91 Å². The highest BCUT2D eigenvalue weighted by atomic mass is 16.2. The molecule has 0 radical (unpaired) electrons. The number of carbonyl (C=O) groups is 2. The van der Waals surface area contributed by atoms with Crippen LogP contribution in [0, 0.1) is 16.7 Å². The van der Waals surface area contributed by atoms with Crippen LogP contribution in [-0.2, 0) is 17.8 Å². The van der Waals surface area contributed by atoms with Gasteiger partial charge in [0, 0.05) is 24.3 Å². The molecule has 174 valence electrons. The molecule has 3 aromatic carbocycles. The monoisotopic (exact) mass is 454 g/mol. The number of nitrogens with zero attached hydrogens (tertiary/aromatic N) is 2. The highest BCUT2D eigenvalue weighted by Gasteiger charge is 2.25. The van der Waals surface area contributed by atoms with Crippen molar-refractivity contribution in [2.45, 2.75) is 26.8 Å². The van der Waals surface area contributed by atoms with E-state index in [0.29, 0.717) is 42.9 Å². The Morgan fingerprint density at radius 1 is 0.971 bits per heavy atom. The minimum atomic E-state index is -0.274. The number of benzene rings is 3. The number of rotatable bonds is 9. The van der Waals surface area contributed by atoms with Crippen molar-refractivity contribution >= 4 is 17.5 Å². The first-order chi connectivity index (χ1) is 16.3. The summed E-state index contributed by atoms with van der Waals surface area (Å²) in [6.07, 6.45) is 0.291. The first-order valence-corrected chi connectivity index (χ1v) is 11.2. The van der Waals surface area contributed by atoms with Crippen molar-refractivity contribution in [3.63, 3.8) is 0 Å². The molecule has 0 aliphatic heterocycles. The number of amides is 2. The van der Waals surface area contributed by atoms with E-state index in [1.165, 1.54) is 0 Å². The molecule has 2 amide bonds. The van der Waals surface area contributed by atoms with Gasteiger partial charge in [-0.25, -0.2) is 0 Å². The van der Waals surface area contributed by atoms with E-state index in [4.69, 9.17) is 11.0 Å². The largest absolute Gasteiger partial charge is 0.334 e. The van der Waals surface area contributed by atoms with Crippen molar-refractivity contribution in [2.75, 3.05) is 18.4 Å². The van der Waals surface area contributed by atoms with Crippen LogP contribution in [-0.4, -0.2) is 29.8 Å². The fraction of sp³-hybridized carbons (Fsp3) is 0.250. The maximum atomic E-state index is 13.3. The van der Waals surface area contributed by atoms with Gasteiger partial charge in [0.05, 0.1) is 18.1 Å². The Hall–Kier alpha value is -3.95. The fourth-order valence-electron chi connectivity index (χ4n) is 3.60. The van der Waals surface area contributed by atoms with Gasteiger partial charge in [0.1, 0.15) is 0 Å². The van der Waals surface area contributed by atoms with Crippen molar-refractivity contribution in [3.05, 3.63) is 101 Å². The van der Waals surface area contributed by atoms with Gasteiger partial charge in [-0.3, -0.25) is 9.59 Å². The molecule has 34 heavy (non-hydrogen) atoms. The fourth-order valence-corrected chi connectivity index (χ4v) is 3.60. The van der Waals surface area contributed by atoms with Crippen LogP contribution >= 0.6 is 0 Å². The summed E-state index contributed by atoms with van der Waals surface area (Å²) in [7, 11) is 0. The number of hydrogen-bond donors (Lipinski definition) is 2. The highest BCUT2D eigenvalue weighted by Crippen LogP contribution is 2.21. The van der Waals surface area contributed by atoms with Crippen molar-refractivity contribution in [3.8, 4) is 6.07 Å². The maximum absolute atomic E-state index is 13.3. The lowest BCUT2D eigenvalue weighted by Crippen LogP contribution is -2.41. The van der Waals surface area contributed by atoms with Crippen LogP contribution in [0.1, 0.15) is 40.9 Å². The van der Waals surface area contributed by atoms with Gasteiger partial charge in [-0.05, 0) is 59.5 Å². The molecule has 0 fully saturated rings. The summed E-state index contributed by atoms with van der Waals surface area (Å²) in [6, 6.07) is 25.8. The van der Waals surface area contributed by atoms with Gasteiger partial charge in [-0.15, -0.1) is 0 Å². The van der Waals surface area contributed by atoms with Crippen molar-refractivity contribution in [1.29, 1.82) is 5.26 Å². The zero-order valence-corrected chi connectivity index (χ0v) is 19.6.